The summed E-state index contributed by atoms with van der Waals surface area (Å²) in [5.74, 6) is 0.130. The van der Waals surface area contributed by atoms with Crippen LogP contribution >= 0.6 is 0 Å². The lowest BCUT2D eigenvalue weighted by Crippen LogP contribution is -2.31. The van der Waals surface area contributed by atoms with E-state index < -0.39 is 11.2 Å². The van der Waals surface area contributed by atoms with Gasteiger partial charge in [-0.1, -0.05) is 0 Å². The van der Waals surface area contributed by atoms with Gasteiger partial charge in [0.2, 0.25) is 0 Å². The van der Waals surface area contributed by atoms with Gasteiger partial charge in [-0.25, -0.2) is 4.79 Å². The topological polar surface area (TPSA) is 94.0 Å². The van der Waals surface area contributed by atoms with Crippen LogP contribution in [-0.4, -0.2) is 9.55 Å². The highest BCUT2D eigenvalue weighted by Gasteiger charge is 2.04. The number of hydrogen-bond acceptors (Lipinski definition) is 4. The first-order chi connectivity index (χ1) is 7.16. The summed E-state index contributed by atoms with van der Waals surface area (Å²) in [5, 5.41) is 0. The van der Waals surface area contributed by atoms with Gasteiger partial charge in [0, 0.05) is 11.6 Å². The Kier molecular flexibility index (Phi) is 2.17. The molecule has 0 radical (unpaired) electrons. The largest absolute Gasteiger partial charge is 0.472 e. The van der Waals surface area contributed by atoms with E-state index in [1.165, 1.54) is 23.2 Å². The number of hydrogen-bond donors (Lipinski definition) is 2. The van der Waals surface area contributed by atoms with Crippen molar-refractivity contribution >= 4 is 5.82 Å². The molecule has 0 atom stereocenters. The van der Waals surface area contributed by atoms with Crippen LogP contribution in [0.25, 0.3) is 0 Å². The molecule has 6 nitrogen and oxygen atoms in total. The van der Waals surface area contributed by atoms with Crippen molar-refractivity contribution in [1.29, 1.82) is 0 Å². The second-order valence-electron chi connectivity index (χ2n) is 3.08. The van der Waals surface area contributed by atoms with Crippen molar-refractivity contribution in [2.45, 2.75) is 6.54 Å². The van der Waals surface area contributed by atoms with Crippen molar-refractivity contribution in [3.05, 3.63) is 51.1 Å². The van der Waals surface area contributed by atoms with Gasteiger partial charge in [0.1, 0.15) is 5.82 Å². The van der Waals surface area contributed by atoms with E-state index in [1.54, 1.807) is 6.07 Å². The third kappa shape index (κ3) is 1.83. The van der Waals surface area contributed by atoms with Crippen molar-refractivity contribution < 1.29 is 4.42 Å². The van der Waals surface area contributed by atoms with Gasteiger partial charge in [0.05, 0.1) is 19.1 Å². The van der Waals surface area contributed by atoms with E-state index in [1.807, 2.05) is 0 Å². The highest BCUT2D eigenvalue weighted by Crippen LogP contribution is 2.03. The first kappa shape index (κ1) is 9.32. The van der Waals surface area contributed by atoms with E-state index in [9.17, 15) is 9.59 Å². The molecule has 78 valence electrons. The molecule has 0 amide bonds. The van der Waals surface area contributed by atoms with Crippen molar-refractivity contribution in [1.82, 2.24) is 9.55 Å². The summed E-state index contributed by atoms with van der Waals surface area (Å²) in [5.41, 5.74) is 5.33. The Hall–Kier alpha value is -2.24. The van der Waals surface area contributed by atoms with Gasteiger partial charge in [-0.2, -0.15) is 0 Å². The SMILES string of the molecule is Nc1cc(=O)[nH]c(=O)n1Cc1ccoc1. The fourth-order valence-corrected chi connectivity index (χ4v) is 1.27. The van der Waals surface area contributed by atoms with Gasteiger partial charge in [-0.3, -0.25) is 14.3 Å². The molecule has 2 rings (SSSR count). The molecule has 2 aromatic heterocycles. The number of rotatable bonds is 2. The summed E-state index contributed by atoms with van der Waals surface area (Å²) in [6.45, 7) is 0.276. The average molecular weight is 207 g/mol. The molecule has 0 unspecified atom stereocenters. The summed E-state index contributed by atoms with van der Waals surface area (Å²) in [7, 11) is 0. The molecule has 15 heavy (non-hydrogen) atoms. The number of aromatic nitrogens is 2. The maximum Gasteiger partial charge on any atom is 0.330 e. The van der Waals surface area contributed by atoms with Gasteiger partial charge in [-0.15, -0.1) is 0 Å². The minimum Gasteiger partial charge on any atom is -0.472 e. The van der Waals surface area contributed by atoms with Gasteiger partial charge < -0.3 is 10.2 Å². The summed E-state index contributed by atoms with van der Waals surface area (Å²) >= 11 is 0. The standard InChI is InChI=1S/C9H9N3O3/c10-7-3-8(13)11-9(14)12(7)4-6-1-2-15-5-6/h1-3,5H,4,10H2,(H,11,13,14). The third-order valence-electron chi connectivity index (χ3n) is 1.99. The van der Waals surface area contributed by atoms with Gasteiger partial charge in [0.15, 0.2) is 0 Å². The summed E-state index contributed by atoms with van der Waals surface area (Å²) in [6.07, 6.45) is 3.01. The predicted molar refractivity (Wildman–Crippen MR) is 53.5 cm³/mol. The van der Waals surface area contributed by atoms with Crippen LogP contribution in [0, 0.1) is 0 Å². The number of nitrogens with one attached hydrogen (secondary N) is 1. The van der Waals surface area contributed by atoms with Crippen LogP contribution in [0.4, 0.5) is 5.82 Å². The fraction of sp³-hybridized carbons (Fsp3) is 0.111. The Morgan fingerprint density at radius 3 is 2.87 bits per heavy atom. The Morgan fingerprint density at radius 1 is 1.47 bits per heavy atom. The number of nitrogen functional groups attached to an aromatic ring is 1. The van der Waals surface area contributed by atoms with E-state index in [4.69, 9.17) is 10.2 Å². The first-order valence-corrected chi connectivity index (χ1v) is 4.27. The molecule has 0 aliphatic carbocycles. The zero-order valence-corrected chi connectivity index (χ0v) is 7.77. The molecule has 0 fully saturated rings. The van der Waals surface area contributed by atoms with Crippen molar-refractivity contribution in [2.24, 2.45) is 0 Å². The number of H-pyrrole nitrogens is 1. The van der Waals surface area contributed by atoms with Crippen molar-refractivity contribution in [3.63, 3.8) is 0 Å². The average Bonchev–Trinajstić information content (AvgIpc) is 2.63. The van der Waals surface area contributed by atoms with E-state index in [-0.39, 0.29) is 12.4 Å². The summed E-state index contributed by atoms with van der Waals surface area (Å²) in [4.78, 5) is 24.4. The van der Waals surface area contributed by atoms with E-state index in [2.05, 4.69) is 4.98 Å². The number of anilines is 1. The van der Waals surface area contributed by atoms with Crippen LogP contribution in [0.5, 0.6) is 0 Å². The molecule has 0 aromatic carbocycles. The molecule has 6 heteroatoms. The Morgan fingerprint density at radius 2 is 2.27 bits per heavy atom. The minimum atomic E-state index is -0.527. The molecular formula is C9H9N3O3. The molecule has 2 aromatic rings. The lowest BCUT2D eigenvalue weighted by molar-refractivity contribution is 0.561. The second kappa shape index (κ2) is 3.49. The van der Waals surface area contributed by atoms with Gasteiger partial charge in [0.25, 0.3) is 5.56 Å². The molecule has 0 saturated heterocycles. The quantitative estimate of drug-likeness (QED) is 0.710. The Balaban J connectivity index is 2.45. The normalized spacial score (nSPS) is 10.4. The monoisotopic (exact) mass is 207 g/mol. The molecule has 0 saturated carbocycles. The molecule has 0 bridgehead atoms. The molecule has 0 aliphatic heterocycles. The number of nitrogens with two attached hydrogens (primary N) is 1. The maximum absolute atomic E-state index is 11.4. The van der Waals surface area contributed by atoms with Gasteiger partial charge >= 0.3 is 5.69 Å². The van der Waals surface area contributed by atoms with E-state index in [0.717, 1.165) is 5.56 Å². The van der Waals surface area contributed by atoms with Crippen LogP contribution in [0.15, 0.2) is 38.7 Å². The smallest absolute Gasteiger partial charge is 0.330 e. The molecule has 0 aliphatic rings. The fourth-order valence-electron chi connectivity index (χ4n) is 1.27. The lowest BCUT2D eigenvalue weighted by Gasteiger charge is -2.05. The third-order valence-corrected chi connectivity index (χ3v) is 1.99. The molecule has 0 spiro atoms. The minimum absolute atomic E-state index is 0.130. The first-order valence-electron chi connectivity index (χ1n) is 4.27. The van der Waals surface area contributed by atoms with Crippen molar-refractivity contribution in [3.8, 4) is 0 Å². The molecule has 3 N–H and O–H groups in total. The van der Waals surface area contributed by atoms with Crippen LogP contribution in [-0.2, 0) is 6.54 Å². The molecular weight excluding hydrogens is 198 g/mol. The van der Waals surface area contributed by atoms with E-state index >= 15 is 0 Å². The van der Waals surface area contributed by atoms with Crippen LogP contribution in [0.3, 0.4) is 0 Å². The Bertz CT molecular complexity index is 565. The zero-order chi connectivity index (χ0) is 10.8. The maximum atomic E-state index is 11.4. The van der Waals surface area contributed by atoms with Gasteiger partial charge in [-0.05, 0) is 6.07 Å². The lowest BCUT2D eigenvalue weighted by atomic mass is 10.3. The Labute approximate surface area is 84.0 Å². The summed E-state index contributed by atoms with van der Waals surface area (Å²) < 4.78 is 6.12. The summed E-state index contributed by atoms with van der Waals surface area (Å²) in [6, 6.07) is 2.89. The van der Waals surface area contributed by atoms with Crippen molar-refractivity contribution in [2.75, 3.05) is 5.73 Å². The molecule has 2 heterocycles. The van der Waals surface area contributed by atoms with E-state index in [0.29, 0.717) is 0 Å². The second-order valence-corrected chi connectivity index (χ2v) is 3.08. The van der Waals surface area contributed by atoms with Crippen LogP contribution in [0.2, 0.25) is 0 Å². The van der Waals surface area contributed by atoms with Crippen LogP contribution in [0.1, 0.15) is 5.56 Å². The number of nitrogens with zero attached hydrogens (tertiary/aromatic N) is 1. The predicted octanol–water partition coefficient (Wildman–Crippen LogP) is -0.240. The number of furan rings is 1. The zero-order valence-electron chi connectivity index (χ0n) is 7.77. The van der Waals surface area contributed by atoms with Crippen LogP contribution < -0.4 is 17.0 Å². The highest BCUT2D eigenvalue weighted by molar-refractivity contribution is 5.27. The number of aromatic amines is 1. The highest BCUT2D eigenvalue weighted by atomic mass is 16.3.